The molecule has 6 nitrogen and oxygen atoms in total. The Bertz CT molecular complexity index is 1440. The van der Waals surface area contributed by atoms with Gasteiger partial charge in [-0.2, -0.15) is 0 Å². The van der Waals surface area contributed by atoms with Gasteiger partial charge in [0.15, 0.2) is 11.5 Å². The van der Waals surface area contributed by atoms with Gasteiger partial charge in [0.2, 0.25) is 5.88 Å². The minimum atomic E-state index is -0.304. The van der Waals surface area contributed by atoms with E-state index in [0.717, 1.165) is 16.6 Å². The van der Waals surface area contributed by atoms with Crippen LogP contribution in [0.2, 0.25) is 0 Å². The Morgan fingerprint density at radius 1 is 0.765 bits per heavy atom. The van der Waals surface area contributed by atoms with Crippen LogP contribution in [0.3, 0.4) is 0 Å². The van der Waals surface area contributed by atoms with E-state index >= 15 is 0 Å². The van der Waals surface area contributed by atoms with Crippen molar-refractivity contribution in [3.8, 4) is 34.3 Å². The van der Waals surface area contributed by atoms with Gasteiger partial charge in [-0.05, 0) is 29.3 Å². The largest absolute Gasteiger partial charge is 0.507 e. The van der Waals surface area contributed by atoms with Crippen LogP contribution < -0.4 is 9.47 Å². The van der Waals surface area contributed by atoms with Crippen molar-refractivity contribution in [1.29, 1.82) is 0 Å². The maximum atomic E-state index is 11.7. The Morgan fingerprint density at radius 3 is 2.03 bits per heavy atom. The Balaban J connectivity index is 1.64. The number of nitrogens with zero attached hydrogens (tertiary/aromatic N) is 2. The molecular weight excluding hydrogens is 428 g/mol. The van der Waals surface area contributed by atoms with Gasteiger partial charge >= 0.3 is 0 Å². The second-order valence-corrected chi connectivity index (χ2v) is 8.18. The Hall–Kier alpha value is -4.45. The summed E-state index contributed by atoms with van der Waals surface area (Å²) in [5, 5.41) is 22.6. The highest BCUT2D eigenvalue weighted by Gasteiger charge is 2.29. The van der Waals surface area contributed by atoms with Crippen LogP contribution in [-0.2, 0) is 0 Å². The number of rotatable bonds is 4. The van der Waals surface area contributed by atoms with Gasteiger partial charge in [-0.3, -0.25) is 9.55 Å². The third kappa shape index (κ3) is 3.23. The molecular formula is C28H22N2O4. The van der Waals surface area contributed by atoms with Crippen LogP contribution in [0.1, 0.15) is 17.2 Å². The first kappa shape index (κ1) is 20.2. The first-order valence-electron chi connectivity index (χ1n) is 11.1. The molecule has 168 valence electrons. The number of phenols is 1. The molecule has 2 aromatic heterocycles. The zero-order valence-electron chi connectivity index (χ0n) is 18.3. The van der Waals surface area contributed by atoms with Gasteiger partial charge in [0.25, 0.3) is 0 Å². The average molecular weight is 450 g/mol. The number of aromatic nitrogens is 2. The molecule has 6 rings (SSSR count). The molecule has 0 fully saturated rings. The van der Waals surface area contributed by atoms with Crippen molar-refractivity contribution in [3.63, 3.8) is 0 Å². The number of pyridine rings is 1. The van der Waals surface area contributed by atoms with E-state index in [1.807, 2.05) is 77.4 Å². The summed E-state index contributed by atoms with van der Waals surface area (Å²) < 4.78 is 13.2. The molecule has 5 aromatic rings. The first-order chi connectivity index (χ1) is 16.7. The fourth-order valence-corrected chi connectivity index (χ4v) is 4.67. The highest BCUT2D eigenvalue weighted by atomic mass is 16.6. The fourth-order valence-electron chi connectivity index (χ4n) is 4.67. The Kier molecular flexibility index (Phi) is 4.84. The summed E-state index contributed by atoms with van der Waals surface area (Å²) in [5.41, 5.74) is 4.25. The average Bonchev–Trinajstić information content (AvgIpc) is 3.17. The summed E-state index contributed by atoms with van der Waals surface area (Å²) in [4.78, 5) is 4.60. The normalized spacial score (nSPS) is 12.9. The molecule has 0 aliphatic carbocycles. The zero-order chi connectivity index (χ0) is 23.1. The Morgan fingerprint density at radius 2 is 1.38 bits per heavy atom. The van der Waals surface area contributed by atoms with E-state index in [1.54, 1.807) is 12.3 Å². The van der Waals surface area contributed by atoms with E-state index in [0.29, 0.717) is 41.4 Å². The van der Waals surface area contributed by atoms with Crippen LogP contribution >= 0.6 is 0 Å². The number of hydrogen-bond acceptors (Lipinski definition) is 5. The van der Waals surface area contributed by atoms with E-state index in [-0.39, 0.29) is 17.7 Å². The summed E-state index contributed by atoms with van der Waals surface area (Å²) >= 11 is 0. The van der Waals surface area contributed by atoms with Crippen molar-refractivity contribution in [1.82, 2.24) is 9.55 Å². The molecule has 0 saturated carbocycles. The lowest BCUT2D eigenvalue weighted by Gasteiger charge is -2.22. The predicted molar refractivity (Wildman–Crippen MR) is 130 cm³/mol. The van der Waals surface area contributed by atoms with Gasteiger partial charge < -0.3 is 19.7 Å². The van der Waals surface area contributed by atoms with Crippen molar-refractivity contribution < 1.29 is 19.7 Å². The lowest BCUT2D eigenvalue weighted by molar-refractivity contribution is 0.171. The van der Waals surface area contributed by atoms with Crippen molar-refractivity contribution in [3.05, 3.63) is 102 Å². The summed E-state index contributed by atoms with van der Waals surface area (Å²) in [7, 11) is 0. The summed E-state index contributed by atoms with van der Waals surface area (Å²) in [6.07, 6.45) is 1.69. The van der Waals surface area contributed by atoms with Crippen LogP contribution in [0.5, 0.6) is 23.1 Å². The molecule has 0 unspecified atom stereocenters. The SMILES string of the molecule is Oc1cc2c(cc1-c1c(O)n(C(c3ccccc3)c3ccccc3)c3cccnc13)OCCO2. The lowest BCUT2D eigenvalue weighted by atomic mass is 9.98. The summed E-state index contributed by atoms with van der Waals surface area (Å²) in [6.45, 7) is 0.848. The molecule has 0 atom stereocenters. The van der Waals surface area contributed by atoms with Crippen molar-refractivity contribution in [2.24, 2.45) is 0 Å². The number of hydrogen-bond donors (Lipinski definition) is 2. The molecule has 0 saturated heterocycles. The smallest absolute Gasteiger partial charge is 0.202 e. The van der Waals surface area contributed by atoms with Crippen molar-refractivity contribution >= 4 is 11.0 Å². The maximum Gasteiger partial charge on any atom is 0.202 e. The van der Waals surface area contributed by atoms with Crippen LogP contribution in [0, 0.1) is 0 Å². The predicted octanol–water partition coefficient (Wildman–Crippen LogP) is 5.52. The maximum absolute atomic E-state index is 11.7. The molecule has 3 aromatic carbocycles. The molecule has 34 heavy (non-hydrogen) atoms. The minimum absolute atomic E-state index is 0.0124. The zero-order valence-corrected chi connectivity index (χ0v) is 18.3. The van der Waals surface area contributed by atoms with Gasteiger partial charge in [0.1, 0.15) is 24.5 Å². The second-order valence-electron chi connectivity index (χ2n) is 8.18. The van der Waals surface area contributed by atoms with Crippen molar-refractivity contribution in [2.75, 3.05) is 13.2 Å². The number of phenolic OH excluding ortho intramolecular Hbond substituents is 1. The molecule has 0 radical (unpaired) electrons. The monoisotopic (exact) mass is 450 g/mol. The van der Waals surface area contributed by atoms with Crippen LogP contribution in [0.4, 0.5) is 0 Å². The lowest BCUT2D eigenvalue weighted by Crippen LogP contribution is -2.15. The van der Waals surface area contributed by atoms with Crippen LogP contribution in [0.15, 0.2) is 91.1 Å². The van der Waals surface area contributed by atoms with Gasteiger partial charge in [-0.15, -0.1) is 0 Å². The number of benzene rings is 3. The van der Waals surface area contributed by atoms with Crippen LogP contribution in [-0.4, -0.2) is 33.0 Å². The summed E-state index contributed by atoms with van der Waals surface area (Å²) in [5.74, 6) is 1.01. The molecule has 1 aliphatic heterocycles. The Labute approximate surface area is 196 Å². The van der Waals surface area contributed by atoms with Gasteiger partial charge in [0, 0.05) is 17.8 Å². The molecule has 6 heteroatoms. The van der Waals surface area contributed by atoms with Crippen LogP contribution in [0.25, 0.3) is 22.2 Å². The van der Waals surface area contributed by atoms with Gasteiger partial charge in [-0.1, -0.05) is 60.7 Å². The molecule has 0 spiro atoms. The number of ether oxygens (including phenoxy) is 2. The number of fused-ring (bicyclic) bond motifs is 2. The topological polar surface area (TPSA) is 76.7 Å². The summed E-state index contributed by atoms with van der Waals surface area (Å²) in [6, 6.07) is 26.8. The minimum Gasteiger partial charge on any atom is -0.507 e. The third-order valence-corrected chi connectivity index (χ3v) is 6.15. The molecule has 1 aliphatic rings. The third-order valence-electron chi connectivity index (χ3n) is 6.15. The van der Waals surface area contributed by atoms with E-state index in [1.165, 1.54) is 6.07 Å². The standard InChI is InChI=1S/C28H22N2O4/c31-22-17-24-23(33-14-15-34-24)16-20(22)25-26-21(12-7-13-29-26)30(28(25)32)27(18-8-3-1-4-9-18)19-10-5-2-6-11-19/h1-13,16-17,27,31-32H,14-15H2. The highest BCUT2D eigenvalue weighted by Crippen LogP contribution is 2.48. The molecule has 3 heterocycles. The quantitative estimate of drug-likeness (QED) is 0.377. The van der Waals surface area contributed by atoms with Gasteiger partial charge in [0.05, 0.1) is 17.1 Å². The number of aromatic hydroxyl groups is 2. The van der Waals surface area contributed by atoms with E-state index in [4.69, 9.17) is 9.47 Å². The van der Waals surface area contributed by atoms with E-state index in [2.05, 4.69) is 4.98 Å². The van der Waals surface area contributed by atoms with Crippen molar-refractivity contribution in [2.45, 2.75) is 6.04 Å². The molecule has 0 bridgehead atoms. The van der Waals surface area contributed by atoms with Gasteiger partial charge in [-0.25, -0.2) is 0 Å². The second kappa shape index (κ2) is 8.15. The molecule has 0 amide bonds. The highest BCUT2D eigenvalue weighted by molar-refractivity contribution is 5.99. The van der Waals surface area contributed by atoms with E-state index in [9.17, 15) is 10.2 Å². The first-order valence-corrected chi connectivity index (χ1v) is 11.1. The molecule has 2 N–H and O–H groups in total. The van der Waals surface area contributed by atoms with E-state index < -0.39 is 0 Å². The fraction of sp³-hybridized carbons (Fsp3) is 0.107.